The lowest BCUT2D eigenvalue weighted by molar-refractivity contribution is -0.124. The van der Waals surface area contributed by atoms with Gasteiger partial charge in [-0.3, -0.25) is 10.1 Å². The van der Waals surface area contributed by atoms with Crippen LogP contribution < -0.4 is 15.8 Å². The largest absolute Gasteiger partial charge is 0.497 e. The van der Waals surface area contributed by atoms with Gasteiger partial charge in [0.2, 0.25) is 5.91 Å². The number of carbonyl (C=O) groups excluding carboxylic acids is 1. The number of ether oxygens (including phenoxy) is 1. The molecular weight excluding hydrogens is 228 g/mol. The molecule has 4 nitrogen and oxygen atoms in total. The first kappa shape index (κ1) is 12.9. The Morgan fingerprint density at radius 3 is 2.94 bits per heavy atom. The number of aryl methyl sites for hydroxylation is 1. The van der Waals surface area contributed by atoms with E-state index >= 15 is 0 Å². The van der Waals surface area contributed by atoms with E-state index in [1.807, 2.05) is 18.2 Å². The summed E-state index contributed by atoms with van der Waals surface area (Å²) in [5.41, 5.74) is 7.07. The lowest BCUT2D eigenvalue weighted by Crippen LogP contribution is -2.51. The summed E-state index contributed by atoms with van der Waals surface area (Å²) in [6.45, 7) is 2.85. The first-order chi connectivity index (χ1) is 8.64. The fourth-order valence-electron chi connectivity index (χ4n) is 2.62. The molecule has 0 bridgehead atoms. The van der Waals surface area contributed by atoms with Gasteiger partial charge in [-0.25, -0.2) is 0 Å². The smallest absolute Gasteiger partial charge is 0.242 e. The van der Waals surface area contributed by atoms with E-state index in [1.54, 1.807) is 7.11 Å². The summed E-state index contributed by atoms with van der Waals surface area (Å²) >= 11 is 0. The van der Waals surface area contributed by atoms with Gasteiger partial charge in [-0.2, -0.15) is 0 Å². The van der Waals surface area contributed by atoms with Crippen molar-refractivity contribution in [3.8, 4) is 5.75 Å². The first-order valence-electron chi connectivity index (χ1n) is 6.36. The van der Waals surface area contributed by atoms with E-state index in [4.69, 9.17) is 10.5 Å². The van der Waals surface area contributed by atoms with E-state index in [-0.39, 0.29) is 5.91 Å². The number of benzene rings is 1. The molecule has 0 aliphatic heterocycles. The van der Waals surface area contributed by atoms with E-state index in [2.05, 4.69) is 12.2 Å². The van der Waals surface area contributed by atoms with Gasteiger partial charge in [-0.1, -0.05) is 13.0 Å². The molecular formula is C14H20N2O2. The first-order valence-corrected chi connectivity index (χ1v) is 6.36. The lowest BCUT2D eigenvalue weighted by atomic mass is 9.90. The highest BCUT2D eigenvalue weighted by molar-refractivity contribution is 5.87. The van der Waals surface area contributed by atoms with E-state index in [1.165, 1.54) is 5.56 Å². The molecule has 0 spiro atoms. The van der Waals surface area contributed by atoms with Crippen molar-refractivity contribution in [3.05, 3.63) is 29.3 Å². The van der Waals surface area contributed by atoms with Gasteiger partial charge in [0.15, 0.2) is 0 Å². The van der Waals surface area contributed by atoms with Crippen molar-refractivity contribution in [2.45, 2.75) is 31.7 Å². The molecule has 2 rings (SSSR count). The molecule has 0 aromatic heterocycles. The zero-order valence-corrected chi connectivity index (χ0v) is 11.0. The van der Waals surface area contributed by atoms with E-state index in [0.717, 1.165) is 37.1 Å². The van der Waals surface area contributed by atoms with Crippen LogP contribution in [-0.4, -0.2) is 19.6 Å². The van der Waals surface area contributed by atoms with Crippen molar-refractivity contribution >= 4 is 5.91 Å². The molecule has 0 heterocycles. The number of amides is 1. The van der Waals surface area contributed by atoms with Crippen molar-refractivity contribution in [1.29, 1.82) is 0 Å². The number of nitrogens with two attached hydrogens (primary N) is 1. The molecule has 0 saturated heterocycles. The number of primary amides is 1. The molecule has 1 aliphatic rings. The Kier molecular flexibility index (Phi) is 3.57. The maximum Gasteiger partial charge on any atom is 0.242 e. The molecule has 1 amide bonds. The summed E-state index contributed by atoms with van der Waals surface area (Å²) in [6.07, 6.45) is 2.57. The van der Waals surface area contributed by atoms with Gasteiger partial charge < -0.3 is 10.5 Å². The van der Waals surface area contributed by atoms with Gasteiger partial charge >= 0.3 is 0 Å². The van der Waals surface area contributed by atoms with Crippen molar-refractivity contribution in [3.63, 3.8) is 0 Å². The quantitative estimate of drug-likeness (QED) is 0.826. The molecule has 3 N–H and O–H groups in total. The summed E-state index contributed by atoms with van der Waals surface area (Å²) in [4.78, 5) is 11.9. The molecule has 18 heavy (non-hydrogen) atoms. The fourth-order valence-corrected chi connectivity index (χ4v) is 2.62. The van der Waals surface area contributed by atoms with Crippen LogP contribution in [0.5, 0.6) is 5.75 Å². The van der Waals surface area contributed by atoms with Crippen LogP contribution in [-0.2, 0) is 16.8 Å². The Bertz CT molecular complexity index is 459. The van der Waals surface area contributed by atoms with Crippen LogP contribution >= 0.6 is 0 Å². The normalized spacial score (nSPS) is 21.7. The molecule has 98 valence electrons. The number of nitrogens with one attached hydrogen (secondary N) is 1. The van der Waals surface area contributed by atoms with E-state index in [0.29, 0.717) is 0 Å². The number of hydrogen-bond donors (Lipinski definition) is 2. The summed E-state index contributed by atoms with van der Waals surface area (Å²) in [7, 11) is 1.63. The average molecular weight is 248 g/mol. The third-order valence-corrected chi connectivity index (χ3v) is 3.64. The van der Waals surface area contributed by atoms with E-state index < -0.39 is 5.54 Å². The summed E-state index contributed by atoms with van der Waals surface area (Å²) < 4.78 is 5.24. The van der Waals surface area contributed by atoms with Crippen molar-refractivity contribution in [2.24, 2.45) is 5.73 Å². The van der Waals surface area contributed by atoms with Crippen molar-refractivity contribution in [2.75, 3.05) is 13.7 Å². The second-order valence-corrected chi connectivity index (χ2v) is 4.72. The molecule has 1 unspecified atom stereocenters. The van der Waals surface area contributed by atoms with Crippen LogP contribution in [0.4, 0.5) is 0 Å². The summed E-state index contributed by atoms with van der Waals surface area (Å²) in [6, 6.07) is 5.87. The second kappa shape index (κ2) is 4.98. The second-order valence-electron chi connectivity index (χ2n) is 4.72. The monoisotopic (exact) mass is 248 g/mol. The number of hydrogen-bond acceptors (Lipinski definition) is 3. The third-order valence-electron chi connectivity index (χ3n) is 3.64. The summed E-state index contributed by atoms with van der Waals surface area (Å²) in [5, 5.41) is 3.32. The van der Waals surface area contributed by atoms with Crippen LogP contribution in [0.2, 0.25) is 0 Å². The number of methoxy groups -OCH3 is 1. The Balaban J connectivity index is 2.44. The van der Waals surface area contributed by atoms with Gasteiger partial charge in [-0.15, -0.1) is 0 Å². The Morgan fingerprint density at radius 1 is 1.56 bits per heavy atom. The van der Waals surface area contributed by atoms with Crippen LogP contribution in [0.3, 0.4) is 0 Å². The van der Waals surface area contributed by atoms with Gasteiger partial charge in [-0.05, 0) is 49.1 Å². The minimum Gasteiger partial charge on any atom is -0.497 e. The van der Waals surface area contributed by atoms with Gasteiger partial charge in [0.25, 0.3) is 0 Å². The molecule has 4 heteroatoms. The van der Waals surface area contributed by atoms with Crippen molar-refractivity contribution in [1.82, 2.24) is 5.32 Å². The predicted molar refractivity (Wildman–Crippen MR) is 70.5 cm³/mol. The number of fused-ring (bicyclic) bond motifs is 1. The molecule has 1 aromatic carbocycles. The molecule has 1 aliphatic carbocycles. The maximum atomic E-state index is 11.9. The van der Waals surface area contributed by atoms with Gasteiger partial charge in [0.05, 0.1) is 7.11 Å². The standard InChI is InChI=1S/C14H20N2O2/c1-3-8-16-14(13(15)17)7-6-10-4-5-11(18-2)9-12(10)14/h4-5,9,16H,3,6-8H2,1-2H3,(H2,15,17). The SMILES string of the molecule is CCCNC1(C(N)=O)CCc2ccc(OC)cc21. The molecule has 1 atom stereocenters. The highest BCUT2D eigenvalue weighted by Gasteiger charge is 2.43. The Morgan fingerprint density at radius 2 is 2.33 bits per heavy atom. The van der Waals surface area contributed by atoms with Crippen LogP contribution in [0.25, 0.3) is 0 Å². The maximum absolute atomic E-state index is 11.9. The molecule has 0 radical (unpaired) electrons. The fraction of sp³-hybridized carbons (Fsp3) is 0.500. The van der Waals surface area contributed by atoms with Crippen LogP contribution in [0, 0.1) is 0 Å². The average Bonchev–Trinajstić information content (AvgIpc) is 2.75. The summed E-state index contributed by atoms with van der Waals surface area (Å²) in [5.74, 6) is 0.461. The number of rotatable bonds is 5. The Hall–Kier alpha value is -1.55. The Labute approximate surface area is 108 Å². The zero-order valence-electron chi connectivity index (χ0n) is 11.0. The zero-order chi connectivity index (χ0) is 13.2. The predicted octanol–water partition coefficient (Wildman–Crippen LogP) is 1.32. The van der Waals surface area contributed by atoms with Crippen molar-refractivity contribution < 1.29 is 9.53 Å². The highest BCUT2D eigenvalue weighted by Crippen LogP contribution is 2.38. The minimum absolute atomic E-state index is 0.303. The van der Waals surface area contributed by atoms with Gasteiger partial charge in [0.1, 0.15) is 11.3 Å². The topological polar surface area (TPSA) is 64.3 Å². The molecule has 1 aromatic rings. The molecule has 0 fully saturated rings. The highest BCUT2D eigenvalue weighted by atomic mass is 16.5. The third kappa shape index (κ3) is 1.97. The number of carbonyl (C=O) groups is 1. The lowest BCUT2D eigenvalue weighted by Gasteiger charge is -2.28. The van der Waals surface area contributed by atoms with Gasteiger partial charge in [0, 0.05) is 0 Å². The van der Waals surface area contributed by atoms with Crippen LogP contribution in [0.15, 0.2) is 18.2 Å². The molecule has 0 saturated carbocycles. The minimum atomic E-state index is -0.722. The van der Waals surface area contributed by atoms with Crippen LogP contribution in [0.1, 0.15) is 30.9 Å². The van der Waals surface area contributed by atoms with E-state index in [9.17, 15) is 4.79 Å².